The third kappa shape index (κ3) is 5.91. The molecular weight excluding hydrogens is 424 g/mol. The number of nitrogens with zero attached hydrogens (tertiary/aromatic N) is 2. The van der Waals surface area contributed by atoms with Crippen molar-refractivity contribution in [2.24, 2.45) is 9.98 Å². The van der Waals surface area contributed by atoms with Crippen LogP contribution in [0.4, 0.5) is 11.4 Å². The van der Waals surface area contributed by atoms with E-state index in [2.05, 4.69) is 0 Å². The molecule has 2 atom stereocenters. The summed E-state index contributed by atoms with van der Waals surface area (Å²) in [4.78, 5) is 9.66. The molecular formula is C28H40N4O2. The Kier molecular flexibility index (Phi) is 7.29. The van der Waals surface area contributed by atoms with Crippen molar-refractivity contribution in [3.8, 4) is 11.5 Å². The van der Waals surface area contributed by atoms with Gasteiger partial charge in [-0.25, -0.2) is 0 Å². The van der Waals surface area contributed by atoms with Gasteiger partial charge in [0.15, 0.2) is 0 Å². The second-order valence-electron chi connectivity index (χ2n) is 11.5. The zero-order chi connectivity index (χ0) is 25.3. The molecule has 6 N–H and O–H groups in total. The molecule has 0 aromatic heterocycles. The van der Waals surface area contributed by atoms with Crippen LogP contribution in [0.2, 0.25) is 0 Å². The molecule has 6 nitrogen and oxygen atoms in total. The van der Waals surface area contributed by atoms with E-state index in [9.17, 15) is 10.2 Å². The van der Waals surface area contributed by atoms with E-state index >= 15 is 0 Å². The maximum absolute atomic E-state index is 10.8. The number of aromatic hydroxyl groups is 2. The van der Waals surface area contributed by atoms with Crippen LogP contribution in [0.3, 0.4) is 0 Å². The first-order valence-electron chi connectivity index (χ1n) is 12.1. The molecule has 1 unspecified atom stereocenters. The maximum atomic E-state index is 10.8. The molecule has 1 fully saturated rings. The van der Waals surface area contributed by atoms with Gasteiger partial charge in [0, 0.05) is 46.1 Å². The summed E-state index contributed by atoms with van der Waals surface area (Å²) in [6.45, 7) is 12.3. The van der Waals surface area contributed by atoms with Gasteiger partial charge in [-0.1, -0.05) is 54.4 Å². The molecule has 2 aromatic rings. The predicted octanol–water partition coefficient (Wildman–Crippen LogP) is 5.71. The van der Waals surface area contributed by atoms with E-state index in [1.165, 1.54) is 0 Å². The van der Waals surface area contributed by atoms with Gasteiger partial charge in [-0.2, -0.15) is 0 Å². The molecule has 0 spiro atoms. The molecule has 6 heteroatoms. The highest BCUT2D eigenvalue weighted by molar-refractivity contribution is 5.87. The van der Waals surface area contributed by atoms with Gasteiger partial charge >= 0.3 is 0 Å². The van der Waals surface area contributed by atoms with Gasteiger partial charge in [-0.3, -0.25) is 9.98 Å². The highest BCUT2D eigenvalue weighted by Crippen LogP contribution is 2.36. The minimum atomic E-state index is -0.231. The van der Waals surface area contributed by atoms with Crippen molar-refractivity contribution >= 4 is 23.8 Å². The fraction of sp³-hybridized carbons (Fsp3) is 0.500. The molecule has 3 rings (SSSR count). The molecule has 0 bridgehead atoms. The Hall–Kier alpha value is -3.02. The summed E-state index contributed by atoms with van der Waals surface area (Å²) < 4.78 is 0. The molecule has 34 heavy (non-hydrogen) atoms. The lowest BCUT2D eigenvalue weighted by Crippen LogP contribution is -2.27. The van der Waals surface area contributed by atoms with Crippen molar-refractivity contribution in [3.63, 3.8) is 0 Å². The van der Waals surface area contributed by atoms with Gasteiger partial charge in [-0.15, -0.1) is 0 Å². The quantitative estimate of drug-likeness (QED) is 0.263. The molecule has 1 aliphatic carbocycles. The van der Waals surface area contributed by atoms with Gasteiger partial charge in [-0.05, 0) is 47.9 Å². The topological polar surface area (TPSA) is 117 Å². The lowest BCUT2D eigenvalue weighted by molar-refractivity contribution is 0.390. The summed E-state index contributed by atoms with van der Waals surface area (Å²) in [6.07, 6.45) is 7.47. The van der Waals surface area contributed by atoms with Gasteiger partial charge in [0.05, 0.1) is 12.1 Å². The number of rotatable bonds is 4. The standard InChI is InChI=1S/C28H40N4O2/c1-27(2,3)21-13-19(29)11-17(25(21)33)15-31-23-9-7-8-10-24(23)32-16-18-12-20(30)14-22(26(18)34)28(4,5)6/h11-16,23-24,33-34H,7-10,29-30H2,1-6H3/b31-15+,32-16+/t23-,24?/m0/s1. The van der Waals surface area contributed by atoms with Crippen molar-refractivity contribution < 1.29 is 10.2 Å². The molecule has 2 aromatic carbocycles. The summed E-state index contributed by atoms with van der Waals surface area (Å²) in [7, 11) is 0. The summed E-state index contributed by atoms with van der Waals surface area (Å²) in [5, 5.41) is 21.7. The molecule has 1 saturated carbocycles. The smallest absolute Gasteiger partial charge is 0.128 e. The van der Waals surface area contributed by atoms with Gasteiger partial charge in [0.25, 0.3) is 0 Å². The SMILES string of the molecule is CC(C)(C)c1cc(N)cc(/C=N/C2CCCC[C@@H]2/N=C/c2cc(N)cc(C(C)(C)C)c2O)c1O. The van der Waals surface area contributed by atoms with Gasteiger partial charge in [0.2, 0.25) is 0 Å². The minimum absolute atomic E-state index is 0.00536. The van der Waals surface area contributed by atoms with Crippen LogP contribution in [0.15, 0.2) is 34.3 Å². The molecule has 0 heterocycles. The molecule has 184 valence electrons. The highest BCUT2D eigenvalue weighted by atomic mass is 16.3. The Labute approximate surface area is 203 Å². The monoisotopic (exact) mass is 464 g/mol. The van der Waals surface area contributed by atoms with Crippen LogP contribution in [0.25, 0.3) is 0 Å². The number of anilines is 2. The number of hydrogen-bond donors (Lipinski definition) is 4. The third-order valence-corrected chi connectivity index (χ3v) is 6.44. The normalized spacial score (nSPS) is 19.8. The maximum Gasteiger partial charge on any atom is 0.128 e. The molecule has 0 saturated heterocycles. The third-order valence-electron chi connectivity index (χ3n) is 6.44. The first-order chi connectivity index (χ1) is 15.8. The van der Waals surface area contributed by atoms with Gasteiger partial charge < -0.3 is 21.7 Å². The number of phenolic OH excluding ortho intramolecular Hbond substituents is 2. The Morgan fingerprint density at radius 2 is 1.06 bits per heavy atom. The van der Waals surface area contributed by atoms with E-state index in [4.69, 9.17) is 21.5 Å². The van der Waals surface area contributed by atoms with Crippen molar-refractivity contribution in [1.82, 2.24) is 0 Å². The highest BCUT2D eigenvalue weighted by Gasteiger charge is 2.25. The number of nitrogens with two attached hydrogens (primary N) is 2. The number of aliphatic imine (C=N–C) groups is 2. The van der Waals surface area contributed by atoms with E-state index in [0.717, 1.165) is 36.8 Å². The molecule has 1 aliphatic rings. The fourth-order valence-corrected chi connectivity index (χ4v) is 4.49. The Bertz CT molecular complexity index is 1000. The van der Waals surface area contributed by atoms with E-state index in [-0.39, 0.29) is 34.4 Å². The second kappa shape index (κ2) is 9.69. The van der Waals surface area contributed by atoms with E-state index in [1.54, 1.807) is 24.6 Å². The summed E-state index contributed by atoms with van der Waals surface area (Å²) in [6, 6.07) is 7.15. The summed E-state index contributed by atoms with van der Waals surface area (Å²) >= 11 is 0. The largest absolute Gasteiger partial charge is 0.507 e. The zero-order valence-electron chi connectivity index (χ0n) is 21.4. The van der Waals surface area contributed by atoms with E-state index < -0.39 is 0 Å². The number of benzene rings is 2. The summed E-state index contributed by atoms with van der Waals surface area (Å²) in [5.74, 6) is 0.446. The Balaban J connectivity index is 1.88. The lowest BCUT2D eigenvalue weighted by atomic mass is 9.85. The van der Waals surface area contributed by atoms with Crippen LogP contribution in [0.5, 0.6) is 11.5 Å². The van der Waals surface area contributed by atoms with Crippen molar-refractivity contribution in [2.45, 2.75) is 90.1 Å². The molecule has 0 amide bonds. The van der Waals surface area contributed by atoms with Crippen LogP contribution in [0, 0.1) is 0 Å². The molecule has 0 aliphatic heterocycles. The summed E-state index contributed by atoms with van der Waals surface area (Å²) in [5.41, 5.74) is 15.8. The van der Waals surface area contributed by atoms with Crippen LogP contribution in [-0.2, 0) is 10.8 Å². The molecule has 0 radical (unpaired) electrons. The number of nitrogen functional groups attached to an aromatic ring is 2. The average Bonchev–Trinajstić information content (AvgIpc) is 2.73. The lowest BCUT2D eigenvalue weighted by Gasteiger charge is -2.26. The van der Waals surface area contributed by atoms with Crippen LogP contribution in [0.1, 0.15) is 89.5 Å². The zero-order valence-corrected chi connectivity index (χ0v) is 21.4. The van der Waals surface area contributed by atoms with Crippen molar-refractivity contribution in [2.75, 3.05) is 11.5 Å². The van der Waals surface area contributed by atoms with Crippen LogP contribution >= 0.6 is 0 Å². The Morgan fingerprint density at radius 1 is 0.706 bits per heavy atom. The first kappa shape index (κ1) is 25.6. The van der Waals surface area contributed by atoms with Gasteiger partial charge in [0.1, 0.15) is 11.5 Å². The van der Waals surface area contributed by atoms with Crippen molar-refractivity contribution in [1.29, 1.82) is 0 Å². The fourth-order valence-electron chi connectivity index (χ4n) is 4.49. The average molecular weight is 465 g/mol. The predicted molar refractivity (Wildman–Crippen MR) is 144 cm³/mol. The number of hydrogen-bond acceptors (Lipinski definition) is 6. The second-order valence-corrected chi connectivity index (χ2v) is 11.5. The van der Waals surface area contributed by atoms with E-state index in [0.29, 0.717) is 22.5 Å². The van der Waals surface area contributed by atoms with Crippen LogP contribution in [-0.4, -0.2) is 34.7 Å². The number of phenols is 2. The minimum Gasteiger partial charge on any atom is -0.507 e. The van der Waals surface area contributed by atoms with E-state index in [1.807, 2.05) is 53.7 Å². The van der Waals surface area contributed by atoms with Crippen molar-refractivity contribution in [3.05, 3.63) is 46.5 Å². The first-order valence-corrected chi connectivity index (χ1v) is 12.1. The van der Waals surface area contributed by atoms with Crippen LogP contribution < -0.4 is 11.5 Å². The Morgan fingerprint density at radius 3 is 1.38 bits per heavy atom.